The van der Waals surface area contributed by atoms with Crippen molar-refractivity contribution in [2.45, 2.75) is 6.92 Å². The van der Waals surface area contributed by atoms with Crippen LogP contribution in [-0.2, 0) is 4.79 Å². The molecule has 0 radical (unpaired) electrons. The van der Waals surface area contributed by atoms with Crippen LogP contribution in [0.5, 0.6) is 0 Å². The van der Waals surface area contributed by atoms with Crippen LogP contribution in [0.15, 0.2) is 66.1 Å². The number of benzene rings is 2. The van der Waals surface area contributed by atoms with Crippen LogP contribution in [0.1, 0.15) is 11.3 Å². The van der Waals surface area contributed by atoms with Crippen LogP contribution < -0.4 is 4.90 Å². The quantitative estimate of drug-likeness (QED) is 0.629. The summed E-state index contributed by atoms with van der Waals surface area (Å²) in [6.45, 7) is 1.88. The molecule has 3 aromatic rings. The molecule has 24 heavy (non-hydrogen) atoms. The standard InChI is InChI=1S/C19H15FN2OS/c1-14-13-24-19(21-14)22(16-8-3-2-4-9-16)18(23)12-11-15-7-5-6-10-17(15)20/h2-13H,1H3/b12-11+. The fraction of sp³-hybridized carbons (Fsp3) is 0.0526. The van der Waals surface area contributed by atoms with E-state index in [0.29, 0.717) is 10.7 Å². The molecule has 0 fully saturated rings. The van der Waals surface area contributed by atoms with Gasteiger partial charge < -0.3 is 0 Å². The Balaban J connectivity index is 1.94. The Hall–Kier alpha value is -2.79. The molecule has 1 aromatic heterocycles. The number of aryl methyl sites for hydroxylation is 1. The molecule has 3 nitrogen and oxygen atoms in total. The molecule has 0 N–H and O–H groups in total. The van der Waals surface area contributed by atoms with Gasteiger partial charge in [0.15, 0.2) is 5.13 Å². The van der Waals surface area contributed by atoms with Gasteiger partial charge in [0.25, 0.3) is 5.91 Å². The zero-order valence-corrected chi connectivity index (χ0v) is 13.8. The number of thiazole rings is 1. The molecule has 2 aromatic carbocycles. The van der Waals surface area contributed by atoms with Crippen LogP contribution in [0, 0.1) is 12.7 Å². The highest BCUT2D eigenvalue weighted by Crippen LogP contribution is 2.28. The summed E-state index contributed by atoms with van der Waals surface area (Å²) in [4.78, 5) is 18.6. The van der Waals surface area contributed by atoms with Crippen molar-refractivity contribution in [3.8, 4) is 0 Å². The first-order valence-electron chi connectivity index (χ1n) is 7.39. The highest BCUT2D eigenvalue weighted by atomic mass is 32.1. The fourth-order valence-corrected chi connectivity index (χ4v) is 3.03. The van der Waals surface area contributed by atoms with Gasteiger partial charge >= 0.3 is 0 Å². The number of nitrogens with zero attached hydrogens (tertiary/aromatic N) is 2. The zero-order chi connectivity index (χ0) is 16.9. The van der Waals surface area contributed by atoms with Gasteiger partial charge in [-0.25, -0.2) is 9.37 Å². The Bertz CT molecular complexity index is 874. The van der Waals surface area contributed by atoms with Crippen molar-refractivity contribution in [3.63, 3.8) is 0 Å². The number of carbonyl (C=O) groups excluding carboxylic acids is 1. The van der Waals surface area contributed by atoms with Gasteiger partial charge in [0, 0.05) is 17.0 Å². The molecule has 0 spiro atoms. The number of halogens is 1. The molecule has 1 amide bonds. The Morgan fingerprint density at radius 1 is 1.12 bits per heavy atom. The number of para-hydroxylation sites is 1. The van der Waals surface area contributed by atoms with Crippen molar-refractivity contribution in [3.05, 3.63) is 83.1 Å². The normalized spacial score (nSPS) is 10.9. The first kappa shape index (κ1) is 16.1. The lowest BCUT2D eigenvalue weighted by atomic mass is 10.2. The van der Waals surface area contributed by atoms with Crippen LogP contribution in [0.4, 0.5) is 15.2 Å². The van der Waals surface area contributed by atoms with Crippen molar-refractivity contribution in [1.82, 2.24) is 4.98 Å². The lowest BCUT2D eigenvalue weighted by Crippen LogP contribution is -2.23. The summed E-state index contributed by atoms with van der Waals surface area (Å²) in [6.07, 6.45) is 2.84. The van der Waals surface area contributed by atoms with Gasteiger partial charge in [0.1, 0.15) is 5.82 Å². The average Bonchev–Trinajstić information content (AvgIpc) is 3.01. The first-order chi connectivity index (χ1) is 11.6. The summed E-state index contributed by atoms with van der Waals surface area (Å²) < 4.78 is 13.7. The molecule has 3 rings (SSSR count). The molecule has 0 saturated heterocycles. The van der Waals surface area contributed by atoms with Gasteiger partial charge in [0.2, 0.25) is 0 Å². The second-order valence-electron chi connectivity index (χ2n) is 5.14. The van der Waals surface area contributed by atoms with Gasteiger partial charge in [-0.2, -0.15) is 0 Å². The molecule has 0 saturated carbocycles. The molecule has 0 aliphatic rings. The van der Waals surface area contributed by atoms with E-state index in [1.54, 1.807) is 18.2 Å². The van der Waals surface area contributed by atoms with Crippen molar-refractivity contribution in [2.75, 3.05) is 4.90 Å². The topological polar surface area (TPSA) is 33.2 Å². The third-order valence-corrected chi connectivity index (χ3v) is 4.29. The maximum Gasteiger partial charge on any atom is 0.257 e. The number of rotatable bonds is 4. The number of hydrogen-bond donors (Lipinski definition) is 0. The molecule has 0 aliphatic heterocycles. The maximum absolute atomic E-state index is 13.7. The number of anilines is 2. The van der Waals surface area contributed by atoms with Crippen LogP contribution in [-0.4, -0.2) is 10.9 Å². The fourth-order valence-electron chi connectivity index (χ4n) is 2.20. The largest absolute Gasteiger partial charge is 0.269 e. The third-order valence-electron chi connectivity index (χ3n) is 3.34. The summed E-state index contributed by atoms with van der Waals surface area (Å²) in [5.74, 6) is -0.642. The number of amides is 1. The van der Waals surface area contributed by atoms with Crippen LogP contribution in [0.25, 0.3) is 6.08 Å². The van der Waals surface area contributed by atoms with Crippen LogP contribution >= 0.6 is 11.3 Å². The predicted molar refractivity (Wildman–Crippen MR) is 95.9 cm³/mol. The van der Waals surface area contributed by atoms with E-state index in [0.717, 1.165) is 11.4 Å². The molecule has 0 unspecified atom stereocenters. The summed E-state index contributed by atoms with van der Waals surface area (Å²) in [5.41, 5.74) is 1.94. The van der Waals surface area contributed by atoms with Gasteiger partial charge in [-0.15, -0.1) is 11.3 Å². The SMILES string of the molecule is Cc1csc(N(C(=O)/C=C/c2ccccc2F)c2ccccc2)n1. The van der Waals surface area contributed by atoms with Gasteiger partial charge in [-0.1, -0.05) is 36.4 Å². The monoisotopic (exact) mass is 338 g/mol. The average molecular weight is 338 g/mol. The van der Waals surface area contributed by atoms with E-state index in [-0.39, 0.29) is 11.7 Å². The minimum absolute atomic E-state index is 0.279. The first-order valence-corrected chi connectivity index (χ1v) is 8.27. The number of carbonyl (C=O) groups is 1. The summed E-state index contributed by atoms with van der Waals surface area (Å²) in [5, 5.41) is 2.47. The van der Waals surface area contributed by atoms with E-state index in [9.17, 15) is 9.18 Å². The third kappa shape index (κ3) is 3.58. The Morgan fingerprint density at radius 2 is 1.83 bits per heavy atom. The molecule has 0 atom stereocenters. The zero-order valence-electron chi connectivity index (χ0n) is 13.0. The van der Waals surface area contributed by atoms with E-state index >= 15 is 0 Å². The minimum Gasteiger partial charge on any atom is -0.269 e. The van der Waals surface area contributed by atoms with E-state index in [1.807, 2.05) is 42.6 Å². The molecular weight excluding hydrogens is 323 g/mol. The van der Waals surface area contributed by atoms with Crippen molar-refractivity contribution >= 4 is 34.1 Å². The summed E-state index contributed by atoms with van der Waals surface area (Å²) in [7, 11) is 0. The summed E-state index contributed by atoms with van der Waals surface area (Å²) in [6, 6.07) is 15.6. The summed E-state index contributed by atoms with van der Waals surface area (Å²) >= 11 is 1.39. The van der Waals surface area contributed by atoms with Gasteiger partial charge in [-0.05, 0) is 31.2 Å². The van der Waals surface area contributed by atoms with E-state index < -0.39 is 0 Å². The second kappa shape index (κ2) is 7.19. The molecule has 1 heterocycles. The smallest absolute Gasteiger partial charge is 0.257 e. The maximum atomic E-state index is 13.7. The molecule has 0 aliphatic carbocycles. The molecule has 120 valence electrons. The van der Waals surface area contributed by atoms with E-state index in [1.165, 1.54) is 34.5 Å². The Labute approximate surface area is 143 Å². The molecule has 5 heteroatoms. The second-order valence-corrected chi connectivity index (χ2v) is 5.97. The van der Waals surface area contributed by atoms with Crippen molar-refractivity contribution in [2.24, 2.45) is 0 Å². The van der Waals surface area contributed by atoms with Gasteiger partial charge in [-0.3, -0.25) is 9.69 Å². The highest BCUT2D eigenvalue weighted by Gasteiger charge is 2.18. The lowest BCUT2D eigenvalue weighted by molar-refractivity contribution is -0.113. The lowest BCUT2D eigenvalue weighted by Gasteiger charge is -2.18. The van der Waals surface area contributed by atoms with E-state index in [2.05, 4.69) is 4.98 Å². The van der Waals surface area contributed by atoms with Crippen LogP contribution in [0.2, 0.25) is 0 Å². The van der Waals surface area contributed by atoms with Crippen molar-refractivity contribution < 1.29 is 9.18 Å². The van der Waals surface area contributed by atoms with Gasteiger partial charge in [0.05, 0.1) is 11.4 Å². The molecular formula is C19H15FN2OS. The number of aromatic nitrogens is 1. The van der Waals surface area contributed by atoms with Crippen molar-refractivity contribution in [1.29, 1.82) is 0 Å². The van der Waals surface area contributed by atoms with Crippen LogP contribution in [0.3, 0.4) is 0 Å². The Morgan fingerprint density at radius 3 is 2.50 bits per heavy atom. The Kier molecular flexibility index (Phi) is 4.82. The molecule has 0 bridgehead atoms. The highest BCUT2D eigenvalue weighted by molar-refractivity contribution is 7.14. The minimum atomic E-state index is -0.363. The predicted octanol–water partition coefficient (Wildman–Crippen LogP) is 4.97. The number of hydrogen-bond acceptors (Lipinski definition) is 3. The van der Waals surface area contributed by atoms with E-state index in [4.69, 9.17) is 0 Å².